The highest BCUT2D eigenvalue weighted by atomic mass is 32.1. The zero-order valence-corrected chi connectivity index (χ0v) is 16.1. The van der Waals surface area contributed by atoms with Crippen molar-refractivity contribution in [1.29, 1.82) is 0 Å². The fourth-order valence-corrected chi connectivity index (χ4v) is 5.50. The van der Waals surface area contributed by atoms with Gasteiger partial charge in [0.05, 0.1) is 12.0 Å². The molecule has 0 bridgehead atoms. The van der Waals surface area contributed by atoms with E-state index in [0.717, 1.165) is 57.7 Å². The van der Waals surface area contributed by atoms with Crippen LogP contribution in [0.25, 0.3) is 32.8 Å². The molecule has 0 spiro atoms. The molecule has 3 nitrogen and oxygen atoms in total. The Labute approximate surface area is 156 Å². The van der Waals surface area contributed by atoms with Gasteiger partial charge in [-0.05, 0) is 68.9 Å². The summed E-state index contributed by atoms with van der Waals surface area (Å²) in [5.74, 6) is 3.49. The molecular formula is C22H21NO2S. The number of aromatic nitrogens is 1. The molecule has 4 heterocycles. The number of furan rings is 2. The summed E-state index contributed by atoms with van der Waals surface area (Å²) in [7, 11) is 0. The number of aryl methyl sites for hydroxylation is 3. The van der Waals surface area contributed by atoms with Crippen LogP contribution in [-0.4, -0.2) is 4.98 Å². The summed E-state index contributed by atoms with van der Waals surface area (Å²) in [5.41, 5.74) is 4.66. The second kappa shape index (κ2) is 5.85. The fourth-order valence-electron chi connectivity index (χ4n) is 4.09. The molecule has 0 N–H and O–H groups in total. The van der Waals surface area contributed by atoms with E-state index in [-0.39, 0.29) is 0 Å². The molecule has 0 amide bonds. The number of pyridine rings is 1. The largest absolute Gasteiger partial charge is 0.466 e. The summed E-state index contributed by atoms with van der Waals surface area (Å²) in [6.07, 6.45) is 5.29. The lowest BCUT2D eigenvalue weighted by molar-refractivity contribution is 0.505. The predicted molar refractivity (Wildman–Crippen MR) is 106 cm³/mol. The minimum atomic E-state index is 0.751. The molecule has 26 heavy (non-hydrogen) atoms. The van der Waals surface area contributed by atoms with Crippen molar-refractivity contribution in [2.24, 2.45) is 5.92 Å². The first kappa shape index (κ1) is 15.9. The van der Waals surface area contributed by atoms with E-state index in [2.05, 4.69) is 19.1 Å². The van der Waals surface area contributed by atoms with Crippen LogP contribution in [0, 0.1) is 19.8 Å². The summed E-state index contributed by atoms with van der Waals surface area (Å²) in [6.45, 7) is 6.33. The van der Waals surface area contributed by atoms with E-state index in [1.54, 1.807) is 6.26 Å². The molecular weight excluding hydrogens is 342 g/mol. The van der Waals surface area contributed by atoms with Gasteiger partial charge in [0, 0.05) is 21.4 Å². The van der Waals surface area contributed by atoms with Crippen LogP contribution < -0.4 is 0 Å². The first-order valence-corrected chi connectivity index (χ1v) is 9.98. The molecule has 1 atom stereocenters. The summed E-state index contributed by atoms with van der Waals surface area (Å²) in [6, 6.07) is 8.24. The maximum Gasteiger partial charge on any atom is 0.134 e. The average Bonchev–Trinajstić information content (AvgIpc) is 3.31. The second-order valence-corrected chi connectivity index (χ2v) is 8.47. The van der Waals surface area contributed by atoms with Crippen molar-refractivity contribution in [2.45, 2.75) is 40.0 Å². The van der Waals surface area contributed by atoms with E-state index < -0.39 is 0 Å². The monoisotopic (exact) mass is 363 g/mol. The minimum absolute atomic E-state index is 0.751. The maximum atomic E-state index is 5.79. The lowest BCUT2D eigenvalue weighted by atomic mass is 9.88. The van der Waals surface area contributed by atoms with E-state index >= 15 is 0 Å². The number of hydrogen-bond acceptors (Lipinski definition) is 4. The second-order valence-electron chi connectivity index (χ2n) is 7.39. The number of thiophene rings is 1. The molecule has 1 aliphatic rings. The smallest absolute Gasteiger partial charge is 0.134 e. The van der Waals surface area contributed by atoms with E-state index in [1.807, 2.05) is 37.3 Å². The Morgan fingerprint density at radius 2 is 2.08 bits per heavy atom. The third kappa shape index (κ3) is 2.43. The SMILES string of the molecule is Cc1cc(-c2cc(-c3ccco3)c3c4c(sc3n2)CC(C)CC4)c(C)o1. The van der Waals surface area contributed by atoms with Crippen molar-refractivity contribution in [3.63, 3.8) is 0 Å². The van der Waals surface area contributed by atoms with Gasteiger partial charge in [0.25, 0.3) is 0 Å². The van der Waals surface area contributed by atoms with Gasteiger partial charge in [-0.2, -0.15) is 0 Å². The summed E-state index contributed by atoms with van der Waals surface area (Å²) in [5, 5.41) is 1.29. The van der Waals surface area contributed by atoms with Crippen LogP contribution in [-0.2, 0) is 12.8 Å². The number of rotatable bonds is 2. The van der Waals surface area contributed by atoms with Gasteiger partial charge in [-0.15, -0.1) is 11.3 Å². The van der Waals surface area contributed by atoms with Gasteiger partial charge in [-0.25, -0.2) is 4.98 Å². The standard InChI is InChI=1S/C22H21NO2S/c1-12-6-7-15-20(9-12)26-22-21(15)17(19-5-4-8-24-19)11-18(23-22)16-10-13(2)25-14(16)3/h4-5,8,10-12H,6-7,9H2,1-3H3. The Bertz CT molecular complexity index is 1100. The van der Waals surface area contributed by atoms with Gasteiger partial charge in [-0.3, -0.25) is 0 Å². The molecule has 0 fully saturated rings. The van der Waals surface area contributed by atoms with Crippen molar-refractivity contribution < 1.29 is 8.83 Å². The van der Waals surface area contributed by atoms with Gasteiger partial charge < -0.3 is 8.83 Å². The topological polar surface area (TPSA) is 39.2 Å². The molecule has 5 rings (SSSR count). The Kier molecular flexibility index (Phi) is 3.57. The third-order valence-electron chi connectivity index (χ3n) is 5.37. The van der Waals surface area contributed by atoms with Crippen LogP contribution in [0.2, 0.25) is 0 Å². The Balaban J connectivity index is 1.81. The summed E-state index contributed by atoms with van der Waals surface area (Å²) < 4.78 is 11.5. The Morgan fingerprint density at radius 3 is 2.81 bits per heavy atom. The van der Waals surface area contributed by atoms with Crippen molar-refractivity contribution in [1.82, 2.24) is 4.98 Å². The van der Waals surface area contributed by atoms with Crippen molar-refractivity contribution >= 4 is 21.6 Å². The van der Waals surface area contributed by atoms with Gasteiger partial charge >= 0.3 is 0 Å². The Hall–Kier alpha value is -2.33. The van der Waals surface area contributed by atoms with Crippen LogP contribution in [0.15, 0.2) is 39.4 Å². The van der Waals surface area contributed by atoms with E-state index in [0.29, 0.717) is 0 Å². The molecule has 0 saturated carbocycles. The highest BCUT2D eigenvalue weighted by Crippen LogP contribution is 2.43. The first-order valence-electron chi connectivity index (χ1n) is 9.16. The summed E-state index contributed by atoms with van der Waals surface area (Å²) in [4.78, 5) is 7.65. The average molecular weight is 363 g/mol. The molecule has 1 unspecified atom stereocenters. The fraction of sp³-hybridized carbons (Fsp3) is 0.318. The highest BCUT2D eigenvalue weighted by Gasteiger charge is 2.25. The number of hydrogen-bond donors (Lipinski definition) is 0. The molecule has 132 valence electrons. The zero-order chi connectivity index (χ0) is 17.8. The first-order chi connectivity index (χ1) is 12.6. The molecule has 4 aromatic rings. The normalized spacial score (nSPS) is 17.0. The number of fused-ring (bicyclic) bond motifs is 3. The van der Waals surface area contributed by atoms with Crippen LogP contribution in [0.1, 0.15) is 35.3 Å². The van der Waals surface area contributed by atoms with Gasteiger partial charge in [0.1, 0.15) is 22.1 Å². The van der Waals surface area contributed by atoms with Crippen molar-refractivity contribution in [3.05, 3.63) is 52.5 Å². The molecule has 4 heteroatoms. The molecule has 0 aliphatic heterocycles. The van der Waals surface area contributed by atoms with E-state index in [9.17, 15) is 0 Å². The van der Waals surface area contributed by atoms with Crippen LogP contribution in [0.4, 0.5) is 0 Å². The molecule has 0 aromatic carbocycles. The molecule has 4 aromatic heterocycles. The van der Waals surface area contributed by atoms with Crippen LogP contribution in [0.3, 0.4) is 0 Å². The van der Waals surface area contributed by atoms with Crippen molar-refractivity contribution in [2.75, 3.05) is 0 Å². The molecule has 0 saturated heterocycles. The minimum Gasteiger partial charge on any atom is -0.466 e. The third-order valence-corrected chi connectivity index (χ3v) is 6.52. The van der Waals surface area contributed by atoms with Gasteiger partial charge in [-0.1, -0.05) is 6.92 Å². The van der Waals surface area contributed by atoms with Gasteiger partial charge in [0.2, 0.25) is 0 Å². The molecule has 1 aliphatic carbocycles. The lowest BCUT2D eigenvalue weighted by Gasteiger charge is -2.18. The number of nitrogens with zero attached hydrogens (tertiary/aromatic N) is 1. The Morgan fingerprint density at radius 1 is 1.19 bits per heavy atom. The van der Waals surface area contributed by atoms with Crippen molar-refractivity contribution in [3.8, 4) is 22.6 Å². The highest BCUT2D eigenvalue weighted by molar-refractivity contribution is 7.19. The van der Waals surface area contributed by atoms with Gasteiger partial charge in [0.15, 0.2) is 0 Å². The quantitative estimate of drug-likeness (QED) is 0.405. The lowest BCUT2D eigenvalue weighted by Crippen LogP contribution is -2.08. The maximum absolute atomic E-state index is 5.79. The van der Waals surface area contributed by atoms with Crippen LogP contribution in [0.5, 0.6) is 0 Å². The predicted octanol–water partition coefficient (Wildman–Crippen LogP) is 6.56. The van der Waals surface area contributed by atoms with E-state index in [1.165, 1.54) is 22.2 Å². The zero-order valence-electron chi connectivity index (χ0n) is 15.3. The molecule has 0 radical (unpaired) electrons. The summed E-state index contributed by atoms with van der Waals surface area (Å²) >= 11 is 1.85. The van der Waals surface area contributed by atoms with Crippen LogP contribution >= 0.6 is 11.3 Å². The van der Waals surface area contributed by atoms with E-state index in [4.69, 9.17) is 13.8 Å².